The number of rotatable bonds is 2. The van der Waals surface area contributed by atoms with Gasteiger partial charge in [-0.25, -0.2) is 0 Å². The predicted molar refractivity (Wildman–Crippen MR) is 55.4 cm³/mol. The van der Waals surface area contributed by atoms with E-state index >= 15 is 0 Å². The van der Waals surface area contributed by atoms with Crippen molar-refractivity contribution in [2.45, 2.75) is 43.8 Å². The summed E-state index contributed by atoms with van der Waals surface area (Å²) in [5.74, 6) is -0.129. The quantitative estimate of drug-likeness (QED) is 0.487. The van der Waals surface area contributed by atoms with Gasteiger partial charge in [0.25, 0.3) is 5.91 Å². The van der Waals surface area contributed by atoms with Crippen molar-refractivity contribution in [2.75, 3.05) is 13.7 Å². The number of amides is 1. The fourth-order valence-electron chi connectivity index (χ4n) is 3.47. The van der Waals surface area contributed by atoms with E-state index in [1.54, 1.807) is 5.06 Å². The molecule has 5 nitrogen and oxygen atoms in total. The molecule has 0 aromatic rings. The first-order valence-corrected chi connectivity index (χ1v) is 5.81. The molecule has 3 fully saturated rings. The van der Waals surface area contributed by atoms with Crippen molar-refractivity contribution in [1.82, 2.24) is 9.96 Å². The van der Waals surface area contributed by atoms with Crippen LogP contribution in [-0.2, 0) is 14.4 Å². The lowest BCUT2D eigenvalue weighted by Gasteiger charge is -2.33. The topological polar surface area (TPSA) is 49.6 Å². The predicted octanol–water partition coefficient (Wildman–Crippen LogP) is -0.0455. The highest BCUT2D eigenvalue weighted by Crippen LogP contribution is 2.54. The summed E-state index contributed by atoms with van der Waals surface area (Å²) in [6.45, 7) is 2.29. The molecule has 0 N–H and O–H groups in total. The Kier molecular flexibility index (Phi) is 1.95. The van der Waals surface area contributed by atoms with E-state index in [2.05, 4.69) is 0 Å². The highest BCUT2D eigenvalue weighted by Gasteiger charge is 2.81. The molecule has 16 heavy (non-hydrogen) atoms. The zero-order valence-corrected chi connectivity index (χ0v) is 9.60. The van der Waals surface area contributed by atoms with Crippen molar-refractivity contribution in [1.29, 1.82) is 0 Å². The third-order valence-corrected chi connectivity index (χ3v) is 4.19. The van der Waals surface area contributed by atoms with Gasteiger partial charge in [-0.15, -0.1) is 0 Å². The van der Waals surface area contributed by atoms with Gasteiger partial charge in [-0.2, -0.15) is 5.06 Å². The molecule has 0 bridgehead atoms. The second-order valence-electron chi connectivity index (χ2n) is 4.84. The molecule has 3 aliphatic rings. The van der Waals surface area contributed by atoms with Crippen LogP contribution < -0.4 is 0 Å². The second-order valence-corrected chi connectivity index (χ2v) is 4.84. The lowest BCUT2D eigenvalue weighted by atomic mass is 9.97. The molecule has 0 aromatic carbocycles. The maximum atomic E-state index is 12.3. The highest BCUT2D eigenvalue weighted by atomic mass is 16.7. The normalized spacial score (nSPS) is 45.2. The van der Waals surface area contributed by atoms with Gasteiger partial charge in [0.2, 0.25) is 5.54 Å². The summed E-state index contributed by atoms with van der Waals surface area (Å²) >= 11 is 0. The summed E-state index contributed by atoms with van der Waals surface area (Å²) in [4.78, 5) is 31.1. The van der Waals surface area contributed by atoms with Gasteiger partial charge < -0.3 is 9.74 Å². The molecule has 1 amide bonds. The maximum absolute atomic E-state index is 12.3. The van der Waals surface area contributed by atoms with Gasteiger partial charge in [0.1, 0.15) is 0 Å². The fraction of sp³-hybridized carbons (Fsp3) is 0.818. The molecule has 0 saturated carbocycles. The average Bonchev–Trinajstić information content (AvgIpc) is 2.90. The minimum atomic E-state index is -0.968. The maximum Gasteiger partial charge on any atom is 0.255 e. The van der Waals surface area contributed by atoms with Crippen molar-refractivity contribution in [3.63, 3.8) is 0 Å². The van der Waals surface area contributed by atoms with Crippen molar-refractivity contribution in [2.24, 2.45) is 0 Å². The lowest BCUT2D eigenvalue weighted by Crippen LogP contribution is -2.48. The number of Topliss-reactive ketones (excluding diaryl/α,β-unsaturated/α-hetero) is 1. The molecule has 0 aliphatic carbocycles. The molecule has 1 unspecified atom stereocenters. The molecule has 0 radical (unpaired) electrons. The molecule has 3 heterocycles. The first kappa shape index (κ1) is 10.2. The number of hydroxylamine groups is 2. The van der Waals surface area contributed by atoms with E-state index in [1.165, 1.54) is 14.0 Å². The van der Waals surface area contributed by atoms with E-state index < -0.39 is 5.54 Å². The van der Waals surface area contributed by atoms with Crippen molar-refractivity contribution in [3.8, 4) is 0 Å². The van der Waals surface area contributed by atoms with Crippen molar-refractivity contribution in [3.05, 3.63) is 0 Å². The van der Waals surface area contributed by atoms with E-state index in [1.807, 2.05) is 4.90 Å². The van der Waals surface area contributed by atoms with Gasteiger partial charge in [-0.3, -0.25) is 9.59 Å². The Balaban J connectivity index is 1.98. The first-order chi connectivity index (χ1) is 7.65. The molecule has 0 spiro atoms. The van der Waals surface area contributed by atoms with Gasteiger partial charge in [-0.1, -0.05) is 0 Å². The van der Waals surface area contributed by atoms with Crippen LogP contribution >= 0.6 is 0 Å². The number of nitrogens with zero attached hydrogens (tertiary/aromatic N) is 2. The molecule has 4 atom stereocenters. The number of carbonyl (C=O) groups excluding carboxylic acids is 2. The van der Waals surface area contributed by atoms with Crippen LogP contribution in [0.15, 0.2) is 0 Å². The largest absolute Gasteiger partial charge is 0.336 e. The van der Waals surface area contributed by atoms with Gasteiger partial charge >= 0.3 is 0 Å². The van der Waals surface area contributed by atoms with E-state index in [-0.39, 0.29) is 23.8 Å². The molecular formula is C11H16N2O3. The smallest absolute Gasteiger partial charge is 0.255 e. The van der Waals surface area contributed by atoms with E-state index in [4.69, 9.17) is 4.84 Å². The number of piperazine rings is 1. The molecule has 88 valence electrons. The summed E-state index contributed by atoms with van der Waals surface area (Å²) in [7, 11) is 1.53. The summed E-state index contributed by atoms with van der Waals surface area (Å²) in [6.07, 6.45) is 3.18. The molecular weight excluding hydrogens is 208 g/mol. The van der Waals surface area contributed by atoms with Gasteiger partial charge in [0.15, 0.2) is 5.78 Å². The minimum absolute atomic E-state index is 0.0391. The van der Waals surface area contributed by atoms with Crippen LogP contribution in [0.2, 0.25) is 0 Å². The fourth-order valence-corrected chi connectivity index (χ4v) is 3.47. The first-order valence-electron chi connectivity index (χ1n) is 5.81. The van der Waals surface area contributed by atoms with E-state index in [0.717, 1.165) is 25.8 Å². The summed E-state index contributed by atoms with van der Waals surface area (Å²) in [6, 6.07) is 0.146. The molecule has 3 saturated heterocycles. The van der Waals surface area contributed by atoms with Gasteiger partial charge in [0, 0.05) is 6.54 Å². The second kappa shape index (κ2) is 3.05. The molecule has 3 rings (SSSR count). The van der Waals surface area contributed by atoms with E-state index in [0.29, 0.717) is 0 Å². The van der Waals surface area contributed by atoms with Crippen LogP contribution in [-0.4, -0.2) is 52.9 Å². The minimum Gasteiger partial charge on any atom is -0.336 e. The highest BCUT2D eigenvalue weighted by molar-refractivity contribution is 6.16. The number of piperidine rings is 1. The van der Waals surface area contributed by atoms with Gasteiger partial charge in [-0.05, 0) is 26.2 Å². The Bertz CT molecular complexity index is 370. The summed E-state index contributed by atoms with van der Waals surface area (Å²) in [5.41, 5.74) is -0.968. The van der Waals surface area contributed by atoms with E-state index in [9.17, 15) is 9.59 Å². The Morgan fingerprint density at radius 2 is 2.25 bits per heavy atom. The van der Waals surface area contributed by atoms with Crippen molar-refractivity contribution >= 4 is 11.7 Å². The lowest BCUT2D eigenvalue weighted by molar-refractivity contribution is -0.155. The number of carbonyl (C=O) groups is 2. The number of hydrogen-bond donors (Lipinski definition) is 0. The van der Waals surface area contributed by atoms with Gasteiger partial charge in [0.05, 0.1) is 19.2 Å². The van der Waals surface area contributed by atoms with Crippen LogP contribution in [0.4, 0.5) is 0 Å². The number of fused-ring (bicyclic) bond motifs is 3. The Morgan fingerprint density at radius 3 is 2.88 bits per heavy atom. The van der Waals surface area contributed by atoms with Crippen LogP contribution in [0.5, 0.6) is 0 Å². The summed E-state index contributed by atoms with van der Waals surface area (Å²) in [5, 5.41) is 1.59. The number of hydrogen-bond acceptors (Lipinski definition) is 4. The number of ketones is 1. The zero-order chi connectivity index (χ0) is 11.5. The van der Waals surface area contributed by atoms with Crippen LogP contribution in [0.3, 0.4) is 0 Å². The van der Waals surface area contributed by atoms with Crippen LogP contribution in [0, 0.1) is 0 Å². The monoisotopic (exact) mass is 224 g/mol. The molecule has 5 heteroatoms. The Morgan fingerprint density at radius 1 is 1.50 bits per heavy atom. The average molecular weight is 224 g/mol. The third-order valence-electron chi connectivity index (χ3n) is 4.19. The molecule has 3 aliphatic heterocycles. The third kappa shape index (κ3) is 0.895. The van der Waals surface area contributed by atoms with Crippen LogP contribution in [0.1, 0.15) is 26.2 Å². The standard InChI is InChI=1S/C11H16N2O3/c1-7(14)11-9(13(11)16-2)8-5-3-4-6-12(8)10(11)15/h8-9H,3-6H2,1-2H3/t8-,9-,11-,13?/m0/s1. The Hall–Kier alpha value is -0.940. The Labute approximate surface area is 94.3 Å². The van der Waals surface area contributed by atoms with Crippen molar-refractivity contribution < 1.29 is 14.4 Å². The zero-order valence-electron chi connectivity index (χ0n) is 9.60. The van der Waals surface area contributed by atoms with Crippen LogP contribution in [0.25, 0.3) is 0 Å². The SMILES string of the molecule is CON1[C@H]2[C@@H]3CCCCN3C(=O)[C@]21C(C)=O. The molecule has 0 aromatic heterocycles. The summed E-state index contributed by atoms with van der Waals surface area (Å²) < 4.78 is 0.